The Morgan fingerprint density at radius 1 is 1.27 bits per heavy atom. The molecule has 0 radical (unpaired) electrons. The molecule has 0 saturated heterocycles. The van der Waals surface area contributed by atoms with Gasteiger partial charge in [-0.05, 0) is 37.1 Å². The van der Waals surface area contributed by atoms with Gasteiger partial charge in [-0.25, -0.2) is 9.78 Å². The second-order valence-electron chi connectivity index (χ2n) is 5.64. The molecule has 1 aromatic heterocycles. The molecule has 9 heteroatoms. The van der Waals surface area contributed by atoms with Gasteiger partial charge in [0.2, 0.25) is 5.95 Å². The molecule has 0 aliphatic heterocycles. The van der Waals surface area contributed by atoms with Gasteiger partial charge in [0, 0.05) is 23.5 Å². The zero-order valence-electron chi connectivity index (χ0n) is 14.6. The predicted octanol–water partition coefficient (Wildman–Crippen LogP) is 3.19. The summed E-state index contributed by atoms with van der Waals surface area (Å²) < 4.78 is 0. The summed E-state index contributed by atoms with van der Waals surface area (Å²) in [7, 11) is 0. The van der Waals surface area contributed by atoms with Crippen LogP contribution in [0.25, 0.3) is 0 Å². The number of nitrogens with zero attached hydrogens (tertiary/aromatic N) is 2. The van der Waals surface area contributed by atoms with Crippen LogP contribution in [0.1, 0.15) is 35.7 Å². The molecule has 0 spiro atoms. The largest absolute Gasteiger partial charge is 0.383 e. The van der Waals surface area contributed by atoms with Crippen molar-refractivity contribution in [1.82, 2.24) is 15.3 Å². The fourth-order valence-corrected chi connectivity index (χ4v) is 2.34. The Labute approximate surface area is 156 Å². The molecule has 0 aliphatic rings. The number of nitrogen functional groups attached to an aromatic ring is 1. The molecule has 0 atom stereocenters. The van der Waals surface area contributed by atoms with E-state index in [9.17, 15) is 9.59 Å². The number of nitrogens with one attached hydrogen (secondary N) is 3. The molecule has 0 bridgehead atoms. The Kier molecular flexibility index (Phi) is 6.74. The van der Waals surface area contributed by atoms with Gasteiger partial charge in [-0.1, -0.05) is 24.9 Å². The molecule has 8 nitrogen and oxygen atoms in total. The number of rotatable bonds is 6. The SMILES string of the molecule is CCCCNC(=O)Nc1ncc(C(=O)Nc2ccc(Cl)cc2C)c(N)n1. The van der Waals surface area contributed by atoms with Crippen LogP contribution >= 0.6 is 11.6 Å². The van der Waals surface area contributed by atoms with Crippen LogP contribution in [0.2, 0.25) is 5.02 Å². The maximum Gasteiger partial charge on any atom is 0.321 e. The normalized spacial score (nSPS) is 10.3. The Morgan fingerprint density at radius 2 is 2.04 bits per heavy atom. The first-order chi connectivity index (χ1) is 12.4. The molecule has 0 aliphatic carbocycles. The van der Waals surface area contributed by atoms with Gasteiger partial charge >= 0.3 is 6.03 Å². The third-order valence-electron chi connectivity index (χ3n) is 3.54. The van der Waals surface area contributed by atoms with E-state index >= 15 is 0 Å². The second kappa shape index (κ2) is 9.00. The minimum atomic E-state index is -0.452. The molecule has 1 aromatic carbocycles. The lowest BCUT2D eigenvalue weighted by Gasteiger charge is -2.11. The van der Waals surface area contributed by atoms with Gasteiger partial charge in [0.05, 0.1) is 0 Å². The first-order valence-corrected chi connectivity index (χ1v) is 8.53. The number of aryl methyl sites for hydroxylation is 1. The average Bonchev–Trinajstić information content (AvgIpc) is 2.57. The van der Waals surface area contributed by atoms with Crippen molar-refractivity contribution in [3.63, 3.8) is 0 Å². The summed E-state index contributed by atoms with van der Waals surface area (Å²) in [6.07, 6.45) is 3.12. The number of benzene rings is 1. The van der Waals surface area contributed by atoms with Gasteiger partial charge in [-0.2, -0.15) is 4.98 Å². The van der Waals surface area contributed by atoms with Crippen LogP contribution in [0.5, 0.6) is 0 Å². The first-order valence-electron chi connectivity index (χ1n) is 8.15. The fourth-order valence-electron chi connectivity index (χ4n) is 2.11. The molecule has 2 rings (SSSR count). The van der Waals surface area contributed by atoms with Crippen LogP contribution in [0, 0.1) is 6.92 Å². The van der Waals surface area contributed by atoms with Crippen LogP contribution in [-0.2, 0) is 0 Å². The molecule has 0 saturated carbocycles. The number of carbonyl (C=O) groups is 2. The highest BCUT2D eigenvalue weighted by atomic mass is 35.5. The van der Waals surface area contributed by atoms with Crippen molar-refractivity contribution < 1.29 is 9.59 Å². The topological polar surface area (TPSA) is 122 Å². The van der Waals surface area contributed by atoms with E-state index in [0.717, 1.165) is 18.4 Å². The first kappa shape index (κ1) is 19.5. The van der Waals surface area contributed by atoms with Gasteiger partial charge < -0.3 is 16.4 Å². The number of aromatic nitrogens is 2. The number of nitrogens with two attached hydrogens (primary N) is 1. The Hall–Kier alpha value is -2.87. The molecular weight excluding hydrogens is 356 g/mol. The monoisotopic (exact) mass is 376 g/mol. The number of hydrogen-bond acceptors (Lipinski definition) is 5. The highest BCUT2D eigenvalue weighted by Crippen LogP contribution is 2.21. The summed E-state index contributed by atoms with van der Waals surface area (Å²) in [5.74, 6) is -0.462. The van der Waals surface area contributed by atoms with E-state index in [1.54, 1.807) is 18.2 Å². The lowest BCUT2D eigenvalue weighted by molar-refractivity contribution is 0.102. The maximum absolute atomic E-state index is 12.4. The molecule has 2 aromatic rings. The third kappa shape index (κ3) is 5.32. The Bertz CT molecular complexity index is 812. The summed E-state index contributed by atoms with van der Waals surface area (Å²) in [6.45, 7) is 4.41. The molecule has 5 N–H and O–H groups in total. The Morgan fingerprint density at radius 3 is 2.69 bits per heavy atom. The number of carbonyl (C=O) groups excluding carboxylic acids is 2. The zero-order chi connectivity index (χ0) is 19.1. The van der Waals surface area contributed by atoms with E-state index in [4.69, 9.17) is 17.3 Å². The van der Waals surface area contributed by atoms with Gasteiger partial charge in [0.1, 0.15) is 11.4 Å². The van der Waals surface area contributed by atoms with E-state index in [1.807, 2.05) is 13.8 Å². The molecule has 26 heavy (non-hydrogen) atoms. The van der Waals surface area contributed by atoms with Crippen molar-refractivity contribution >= 4 is 41.0 Å². The van der Waals surface area contributed by atoms with E-state index in [1.165, 1.54) is 6.20 Å². The summed E-state index contributed by atoms with van der Waals surface area (Å²) in [4.78, 5) is 32.0. The van der Waals surface area contributed by atoms with E-state index in [2.05, 4.69) is 25.9 Å². The predicted molar refractivity (Wildman–Crippen MR) is 103 cm³/mol. The van der Waals surface area contributed by atoms with Crippen molar-refractivity contribution in [1.29, 1.82) is 0 Å². The zero-order valence-corrected chi connectivity index (χ0v) is 15.4. The van der Waals surface area contributed by atoms with Gasteiger partial charge in [-0.3, -0.25) is 10.1 Å². The molecule has 1 heterocycles. The molecule has 0 unspecified atom stereocenters. The van der Waals surface area contributed by atoms with Crippen molar-refractivity contribution in [2.45, 2.75) is 26.7 Å². The quantitative estimate of drug-likeness (QED) is 0.576. The van der Waals surface area contributed by atoms with Crippen molar-refractivity contribution in [3.05, 3.63) is 40.5 Å². The number of halogens is 1. The molecular formula is C17H21ClN6O2. The van der Waals surface area contributed by atoms with Crippen LogP contribution in [-0.4, -0.2) is 28.5 Å². The molecule has 0 fully saturated rings. The summed E-state index contributed by atoms with van der Waals surface area (Å²) in [5.41, 5.74) is 7.36. The van der Waals surface area contributed by atoms with Crippen LogP contribution in [0.4, 0.5) is 22.2 Å². The van der Waals surface area contributed by atoms with Crippen molar-refractivity contribution in [2.24, 2.45) is 0 Å². The van der Waals surface area contributed by atoms with Crippen molar-refractivity contribution in [2.75, 3.05) is 22.9 Å². The average molecular weight is 377 g/mol. The number of urea groups is 1. The number of hydrogen-bond donors (Lipinski definition) is 4. The number of amides is 3. The smallest absolute Gasteiger partial charge is 0.321 e. The van der Waals surface area contributed by atoms with Gasteiger partial charge in [0.25, 0.3) is 5.91 Å². The van der Waals surface area contributed by atoms with Crippen molar-refractivity contribution in [3.8, 4) is 0 Å². The van der Waals surface area contributed by atoms with Crippen LogP contribution < -0.4 is 21.7 Å². The van der Waals surface area contributed by atoms with E-state index in [0.29, 0.717) is 17.3 Å². The van der Waals surface area contributed by atoms with Gasteiger partial charge in [0.15, 0.2) is 0 Å². The summed E-state index contributed by atoms with van der Waals surface area (Å²) in [5, 5.41) is 8.46. The third-order valence-corrected chi connectivity index (χ3v) is 3.78. The molecule has 138 valence electrons. The van der Waals surface area contributed by atoms with Crippen LogP contribution in [0.3, 0.4) is 0 Å². The highest BCUT2D eigenvalue weighted by molar-refractivity contribution is 6.30. The standard InChI is InChI=1S/C17H21ClN6O2/c1-3-4-7-20-17(26)24-16-21-9-12(14(19)23-16)15(25)22-13-6-5-11(18)8-10(13)2/h5-6,8-9H,3-4,7H2,1-2H3,(H,22,25)(H4,19,20,21,23,24,26). The highest BCUT2D eigenvalue weighted by Gasteiger charge is 2.15. The van der Waals surface area contributed by atoms with E-state index in [-0.39, 0.29) is 17.3 Å². The minimum Gasteiger partial charge on any atom is -0.383 e. The summed E-state index contributed by atoms with van der Waals surface area (Å²) in [6, 6.07) is 4.69. The van der Waals surface area contributed by atoms with E-state index < -0.39 is 11.9 Å². The lowest BCUT2D eigenvalue weighted by Crippen LogP contribution is -2.30. The summed E-state index contributed by atoms with van der Waals surface area (Å²) >= 11 is 5.90. The number of unbranched alkanes of at least 4 members (excludes halogenated alkanes) is 1. The van der Waals surface area contributed by atoms with Gasteiger partial charge in [-0.15, -0.1) is 0 Å². The van der Waals surface area contributed by atoms with Crippen LogP contribution in [0.15, 0.2) is 24.4 Å². The Balaban J connectivity index is 2.04. The molecule has 3 amide bonds. The fraction of sp³-hybridized carbons (Fsp3) is 0.294. The minimum absolute atomic E-state index is 0.0238. The maximum atomic E-state index is 12.4. The lowest BCUT2D eigenvalue weighted by atomic mass is 10.2. The second-order valence-corrected chi connectivity index (χ2v) is 6.08. The number of anilines is 3.